The number of rotatable bonds is 1. The molecule has 78 valence electrons. The van der Waals surface area contributed by atoms with E-state index in [1.165, 1.54) is 0 Å². The van der Waals surface area contributed by atoms with E-state index < -0.39 is 0 Å². The molecule has 3 rings (SSSR count). The lowest BCUT2D eigenvalue weighted by Gasteiger charge is -2.00. The second kappa shape index (κ2) is 3.03. The van der Waals surface area contributed by atoms with Crippen molar-refractivity contribution in [3.05, 3.63) is 46.6 Å². The van der Waals surface area contributed by atoms with Gasteiger partial charge in [0.15, 0.2) is 0 Å². The number of aromatic nitrogens is 2. The Balaban J connectivity index is 2.60. The van der Waals surface area contributed by atoms with Crippen LogP contribution in [0.4, 0.5) is 5.69 Å². The molecule has 0 unspecified atom stereocenters. The molecule has 0 fully saturated rings. The Morgan fingerprint density at radius 1 is 1.25 bits per heavy atom. The van der Waals surface area contributed by atoms with E-state index in [4.69, 9.17) is 0 Å². The molecule has 0 saturated carbocycles. The highest BCUT2D eigenvalue weighted by atomic mass is 16.6. The molecule has 0 amide bonds. The highest BCUT2D eigenvalue weighted by Gasteiger charge is 2.15. The molecule has 1 aromatic heterocycles. The van der Waals surface area contributed by atoms with Crippen LogP contribution in [-0.4, -0.2) is 15.1 Å². The van der Waals surface area contributed by atoms with E-state index >= 15 is 0 Å². The molecular weight excluding hydrogens is 206 g/mol. The zero-order valence-corrected chi connectivity index (χ0v) is 8.18. The van der Waals surface area contributed by atoms with Crippen molar-refractivity contribution in [3.63, 3.8) is 0 Å². The summed E-state index contributed by atoms with van der Waals surface area (Å²) in [5.41, 5.74) is 0.950. The number of aromatic amines is 1. The fourth-order valence-electron chi connectivity index (χ4n) is 1.92. The molecule has 0 aliphatic carbocycles. The van der Waals surface area contributed by atoms with Crippen LogP contribution in [0.25, 0.3) is 21.7 Å². The van der Waals surface area contributed by atoms with E-state index in [2.05, 4.69) is 10.2 Å². The number of hydrogen-bond donors (Lipinski definition) is 1. The number of non-ortho nitro benzene ring substituents is 1. The molecule has 0 radical (unpaired) electrons. The minimum Gasteiger partial charge on any atom is -0.277 e. The SMILES string of the molecule is O=[N+]([O-])c1cc2cn[nH]c2c2ccccc12. The van der Waals surface area contributed by atoms with Gasteiger partial charge >= 0.3 is 0 Å². The third kappa shape index (κ3) is 1.08. The largest absolute Gasteiger partial charge is 0.278 e. The number of nitrogens with one attached hydrogen (secondary N) is 1. The topological polar surface area (TPSA) is 71.8 Å². The number of fused-ring (bicyclic) bond motifs is 3. The third-order valence-corrected chi connectivity index (χ3v) is 2.63. The normalized spacial score (nSPS) is 11.0. The molecule has 2 aromatic carbocycles. The predicted molar refractivity (Wildman–Crippen MR) is 60.3 cm³/mol. The van der Waals surface area contributed by atoms with Crippen molar-refractivity contribution < 1.29 is 4.92 Å². The highest BCUT2D eigenvalue weighted by Crippen LogP contribution is 2.31. The molecule has 1 N–H and O–H groups in total. The van der Waals surface area contributed by atoms with Crippen LogP contribution in [0.2, 0.25) is 0 Å². The highest BCUT2D eigenvalue weighted by molar-refractivity contribution is 6.09. The summed E-state index contributed by atoms with van der Waals surface area (Å²) in [6, 6.07) is 8.78. The van der Waals surface area contributed by atoms with Gasteiger partial charge in [0.1, 0.15) is 0 Å². The average molecular weight is 213 g/mol. The first-order valence-corrected chi connectivity index (χ1v) is 4.76. The van der Waals surface area contributed by atoms with E-state index in [-0.39, 0.29) is 10.6 Å². The van der Waals surface area contributed by atoms with Gasteiger partial charge in [-0.2, -0.15) is 5.10 Å². The van der Waals surface area contributed by atoms with Gasteiger partial charge in [0.05, 0.1) is 22.0 Å². The first-order chi connectivity index (χ1) is 7.77. The second-order valence-corrected chi connectivity index (χ2v) is 3.53. The summed E-state index contributed by atoms with van der Waals surface area (Å²) in [7, 11) is 0. The molecule has 0 spiro atoms. The van der Waals surface area contributed by atoms with Gasteiger partial charge in [-0.1, -0.05) is 18.2 Å². The van der Waals surface area contributed by atoms with Crippen molar-refractivity contribution in [3.8, 4) is 0 Å². The van der Waals surface area contributed by atoms with Gasteiger partial charge in [-0.25, -0.2) is 0 Å². The minimum absolute atomic E-state index is 0.115. The van der Waals surface area contributed by atoms with Gasteiger partial charge in [-0.3, -0.25) is 15.2 Å². The van der Waals surface area contributed by atoms with Crippen LogP contribution in [0.15, 0.2) is 36.5 Å². The molecule has 5 nitrogen and oxygen atoms in total. The fourth-order valence-corrected chi connectivity index (χ4v) is 1.92. The van der Waals surface area contributed by atoms with Crippen LogP contribution in [-0.2, 0) is 0 Å². The number of nitrogens with zero attached hydrogens (tertiary/aromatic N) is 2. The molecule has 0 atom stereocenters. The number of hydrogen-bond acceptors (Lipinski definition) is 3. The molecule has 16 heavy (non-hydrogen) atoms. The maximum atomic E-state index is 11.0. The van der Waals surface area contributed by atoms with E-state index in [1.807, 2.05) is 12.1 Å². The zero-order chi connectivity index (χ0) is 11.1. The zero-order valence-electron chi connectivity index (χ0n) is 8.18. The summed E-state index contributed by atoms with van der Waals surface area (Å²) < 4.78 is 0. The minimum atomic E-state index is -0.366. The van der Waals surface area contributed by atoms with E-state index in [9.17, 15) is 10.1 Å². The van der Waals surface area contributed by atoms with Crippen molar-refractivity contribution in [2.45, 2.75) is 0 Å². The van der Waals surface area contributed by atoms with Crippen LogP contribution in [0.5, 0.6) is 0 Å². The lowest BCUT2D eigenvalue weighted by Crippen LogP contribution is -1.89. The Labute approximate surface area is 89.8 Å². The van der Waals surface area contributed by atoms with E-state index in [0.29, 0.717) is 5.39 Å². The van der Waals surface area contributed by atoms with Gasteiger partial charge < -0.3 is 0 Å². The maximum Gasteiger partial charge on any atom is 0.278 e. The summed E-state index contributed by atoms with van der Waals surface area (Å²) >= 11 is 0. The van der Waals surface area contributed by atoms with Crippen LogP contribution in [0.3, 0.4) is 0 Å². The van der Waals surface area contributed by atoms with Gasteiger partial charge in [0.25, 0.3) is 5.69 Å². The lowest BCUT2D eigenvalue weighted by atomic mass is 10.1. The number of nitro benzene ring substituents is 1. The monoisotopic (exact) mass is 213 g/mol. The van der Waals surface area contributed by atoms with Crippen molar-refractivity contribution in [2.75, 3.05) is 0 Å². The lowest BCUT2D eigenvalue weighted by molar-refractivity contribution is -0.382. The first kappa shape index (κ1) is 8.84. The Hall–Kier alpha value is -2.43. The van der Waals surface area contributed by atoms with Gasteiger partial charge in [0, 0.05) is 16.8 Å². The number of nitro groups is 1. The summed E-state index contributed by atoms with van der Waals surface area (Å²) in [5.74, 6) is 0. The average Bonchev–Trinajstić information content (AvgIpc) is 2.75. The molecular formula is C11H7N3O2. The molecule has 1 heterocycles. The molecule has 0 saturated heterocycles. The Morgan fingerprint density at radius 2 is 2.00 bits per heavy atom. The second-order valence-electron chi connectivity index (χ2n) is 3.53. The summed E-state index contributed by atoms with van der Waals surface area (Å²) in [6.45, 7) is 0. The van der Waals surface area contributed by atoms with Crippen LogP contribution in [0, 0.1) is 10.1 Å². The maximum absolute atomic E-state index is 11.0. The van der Waals surface area contributed by atoms with Crippen molar-refractivity contribution >= 4 is 27.4 Å². The van der Waals surface area contributed by atoms with Gasteiger partial charge in [0.2, 0.25) is 0 Å². The quantitative estimate of drug-likeness (QED) is 0.498. The Kier molecular flexibility index (Phi) is 1.67. The van der Waals surface area contributed by atoms with E-state index in [0.717, 1.165) is 16.3 Å². The molecule has 0 aliphatic heterocycles. The predicted octanol–water partition coefficient (Wildman–Crippen LogP) is 2.62. The van der Waals surface area contributed by atoms with Gasteiger partial charge in [-0.05, 0) is 6.07 Å². The molecule has 3 aromatic rings. The smallest absolute Gasteiger partial charge is 0.277 e. The van der Waals surface area contributed by atoms with Crippen molar-refractivity contribution in [2.24, 2.45) is 0 Å². The Bertz CT molecular complexity index is 703. The summed E-state index contributed by atoms with van der Waals surface area (Å²) in [5, 5.41) is 19.9. The standard InChI is InChI=1S/C11H7N3O2/c15-14(16)10-5-7-6-12-13-11(7)9-4-2-1-3-8(9)10/h1-6H,(H,12,13). The van der Waals surface area contributed by atoms with Crippen molar-refractivity contribution in [1.29, 1.82) is 0 Å². The molecule has 0 aliphatic rings. The fraction of sp³-hybridized carbons (Fsp3) is 0. The van der Waals surface area contributed by atoms with Crippen LogP contribution < -0.4 is 0 Å². The van der Waals surface area contributed by atoms with E-state index in [1.54, 1.807) is 24.4 Å². The van der Waals surface area contributed by atoms with Crippen molar-refractivity contribution in [1.82, 2.24) is 10.2 Å². The number of H-pyrrole nitrogens is 1. The molecule has 5 heteroatoms. The van der Waals surface area contributed by atoms with Crippen LogP contribution >= 0.6 is 0 Å². The summed E-state index contributed by atoms with van der Waals surface area (Å²) in [4.78, 5) is 10.6. The summed E-state index contributed by atoms with van der Waals surface area (Å²) in [6.07, 6.45) is 1.59. The van der Waals surface area contributed by atoms with Crippen LogP contribution in [0.1, 0.15) is 0 Å². The molecule has 0 bridgehead atoms. The first-order valence-electron chi connectivity index (χ1n) is 4.76. The third-order valence-electron chi connectivity index (χ3n) is 2.63. The number of benzene rings is 2. The van der Waals surface area contributed by atoms with Gasteiger partial charge in [-0.15, -0.1) is 0 Å². The Morgan fingerprint density at radius 3 is 2.75 bits per heavy atom.